The number of piperidine rings is 2. The summed E-state index contributed by atoms with van der Waals surface area (Å²) in [6.07, 6.45) is 1.85. The van der Waals surface area contributed by atoms with E-state index in [1.807, 2.05) is 0 Å². The molecule has 0 spiro atoms. The monoisotopic (exact) mass is 303 g/mol. The van der Waals surface area contributed by atoms with E-state index in [1.54, 1.807) is 8.61 Å². The first-order chi connectivity index (χ1) is 9.13. The lowest BCUT2D eigenvalue weighted by Crippen LogP contribution is -2.58. The Morgan fingerprint density at radius 3 is 2.15 bits per heavy atom. The second kappa shape index (κ2) is 5.55. The van der Waals surface area contributed by atoms with Crippen LogP contribution in [0, 0.1) is 17.3 Å². The van der Waals surface area contributed by atoms with Gasteiger partial charge in [0.05, 0.1) is 0 Å². The highest BCUT2D eigenvalue weighted by atomic mass is 32.2. The smallest absolute Gasteiger partial charge is 0.282 e. The van der Waals surface area contributed by atoms with Gasteiger partial charge in [0, 0.05) is 32.2 Å². The molecule has 0 amide bonds. The average Bonchev–Trinajstić information content (AvgIpc) is 2.31. The molecule has 6 heteroatoms. The van der Waals surface area contributed by atoms with E-state index in [0.717, 1.165) is 12.8 Å². The molecule has 20 heavy (non-hydrogen) atoms. The number of hydrogen-bond donors (Lipinski definition) is 1. The highest BCUT2D eigenvalue weighted by Gasteiger charge is 2.41. The van der Waals surface area contributed by atoms with Gasteiger partial charge in [-0.05, 0) is 30.1 Å². The zero-order valence-electron chi connectivity index (χ0n) is 13.2. The minimum Gasteiger partial charge on any atom is -0.327 e. The van der Waals surface area contributed by atoms with Crippen molar-refractivity contribution in [3.05, 3.63) is 0 Å². The van der Waals surface area contributed by atoms with Gasteiger partial charge in [-0.3, -0.25) is 0 Å². The van der Waals surface area contributed by atoms with E-state index in [0.29, 0.717) is 38.0 Å². The molecule has 2 N–H and O–H groups in total. The molecule has 0 aromatic rings. The van der Waals surface area contributed by atoms with Crippen LogP contribution in [0.2, 0.25) is 0 Å². The van der Waals surface area contributed by atoms with Crippen LogP contribution in [-0.2, 0) is 10.2 Å². The minimum atomic E-state index is -3.33. The van der Waals surface area contributed by atoms with Gasteiger partial charge in [0.2, 0.25) is 0 Å². The first-order valence-electron chi connectivity index (χ1n) is 7.63. The molecule has 0 saturated carbocycles. The maximum absolute atomic E-state index is 12.8. The molecule has 5 nitrogen and oxygen atoms in total. The summed E-state index contributed by atoms with van der Waals surface area (Å²) in [7, 11) is -3.33. The van der Waals surface area contributed by atoms with E-state index in [2.05, 4.69) is 27.7 Å². The van der Waals surface area contributed by atoms with Crippen LogP contribution < -0.4 is 5.73 Å². The topological polar surface area (TPSA) is 66.6 Å². The van der Waals surface area contributed by atoms with Crippen LogP contribution in [0.4, 0.5) is 0 Å². The Balaban J connectivity index is 2.14. The van der Waals surface area contributed by atoms with Crippen molar-refractivity contribution in [3.8, 4) is 0 Å². The summed E-state index contributed by atoms with van der Waals surface area (Å²) in [4.78, 5) is 0. The van der Waals surface area contributed by atoms with Crippen LogP contribution in [0.5, 0.6) is 0 Å². The molecule has 0 bridgehead atoms. The fraction of sp³-hybridized carbons (Fsp3) is 1.00. The van der Waals surface area contributed by atoms with Gasteiger partial charge >= 0.3 is 0 Å². The van der Waals surface area contributed by atoms with Crippen molar-refractivity contribution >= 4 is 10.2 Å². The summed E-state index contributed by atoms with van der Waals surface area (Å²) < 4.78 is 29.0. The molecule has 2 rings (SSSR count). The molecular weight excluding hydrogens is 274 g/mol. The number of rotatable bonds is 2. The maximum atomic E-state index is 12.8. The van der Waals surface area contributed by atoms with Gasteiger partial charge in [-0.25, -0.2) is 0 Å². The molecule has 2 aliphatic rings. The number of nitrogens with zero attached hydrogens (tertiary/aromatic N) is 2. The lowest BCUT2D eigenvalue weighted by molar-refractivity contribution is 0.139. The summed E-state index contributed by atoms with van der Waals surface area (Å²) >= 11 is 0. The Labute approximate surface area is 123 Å². The van der Waals surface area contributed by atoms with Crippen molar-refractivity contribution < 1.29 is 8.42 Å². The molecule has 0 radical (unpaired) electrons. The molecule has 2 heterocycles. The van der Waals surface area contributed by atoms with Crippen LogP contribution in [0.1, 0.15) is 40.5 Å². The predicted molar refractivity (Wildman–Crippen MR) is 81.4 cm³/mol. The SMILES string of the molecule is CC1CC(C)CN(S(=O)(=O)N2CCC(N)C(C)(C)C2)C1. The third-order valence-electron chi connectivity index (χ3n) is 4.77. The average molecular weight is 303 g/mol. The molecule has 2 aliphatic heterocycles. The molecule has 2 fully saturated rings. The largest absolute Gasteiger partial charge is 0.327 e. The van der Waals surface area contributed by atoms with Crippen LogP contribution in [0.25, 0.3) is 0 Å². The van der Waals surface area contributed by atoms with Gasteiger partial charge in [0.25, 0.3) is 10.2 Å². The normalized spacial score (nSPS) is 37.0. The van der Waals surface area contributed by atoms with Crippen LogP contribution in [0.3, 0.4) is 0 Å². The van der Waals surface area contributed by atoms with Crippen molar-refractivity contribution in [2.24, 2.45) is 23.0 Å². The summed E-state index contributed by atoms with van der Waals surface area (Å²) in [6, 6.07) is 0.0770. The fourth-order valence-corrected chi connectivity index (χ4v) is 5.52. The van der Waals surface area contributed by atoms with E-state index >= 15 is 0 Å². The van der Waals surface area contributed by atoms with Crippen molar-refractivity contribution in [3.63, 3.8) is 0 Å². The molecule has 2 saturated heterocycles. The zero-order valence-corrected chi connectivity index (χ0v) is 14.0. The summed E-state index contributed by atoms with van der Waals surface area (Å²) in [6.45, 7) is 10.7. The van der Waals surface area contributed by atoms with Crippen molar-refractivity contribution in [1.82, 2.24) is 8.61 Å². The third kappa shape index (κ3) is 3.18. The van der Waals surface area contributed by atoms with Gasteiger partial charge in [0.1, 0.15) is 0 Å². The summed E-state index contributed by atoms with van der Waals surface area (Å²) in [5.74, 6) is 0.877. The van der Waals surface area contributed by atoms with Crippen molar-refractivity contribution in [1.29, 1.82) is 0 Å². The first-order valence-corrected chi connectivity index (χ1v) is 9.03. The highest BCUT2D eigenvalue weighted by molar-refractivity contribution is 7.86. The maximum Gasteiger partial charge on any atom is 0.282 e. The van der Waals surface area contributed by atoms with Crippen LogP contribution in [-0.4, -0.2) is 49.2 Å². The first kappa shape index (κ1) is 16.2. The van der Waals surface area contributed by atoms with Crippen molar-refractivity contribution in [2.75, 3.05) is 26.2 Å². The molecule has 118 valence electrons. The van der Waals surface area contributed by atoms with Gasteiger partial charge in [-0.15, -0.1) is 0 Å². The lowest BCUT2D eigenvalue weighted by Gasteiger charge is -2.44. The van der Waals surface area contributed by atoms with Gasteiger partial charge in [-0.2, -0.15) is 17.0 Å². The highest BCUT2D eigenvalue weighted by Crippen LogP contribution is 2.32. The van der Waals surface area contributed by atoms with E-state index in [4.69, 9.17) is 5.73 Å². The Bertz CT molecular complexity index is 439. The Hall–Kier alpha value is -0.170. The van der Waals surface area contributed by atoms with E-state index < -0.39 is 10.2 Å². The summed E-state index contributed by atoms with van der Waals surface area (Å²) in [5, 5.41) is 0. The van der Waals surface area contributed by atoms with E-state index in [-0.39, 0.29) is 11.5 Å². The van der Waals surface area contributed by atoms with Crippen molar-refractivity contribution in [2.45, 2.75) is 46.6 Å². The van der Waals surface area contributed by atoms with Gasteiger partial charge < -0.3 is 5.73 Å². The molecule has 3 atom stereocenters. The predicted octanol–water partition coefficient (Wildman–Crippen LogP) is 1.27. The van der Waals surface area contributed by atoms with Crippen LogP contribution in [0.15, 0.2) is 0 Å². The number of nitrogens with two attached hydrogens (primary N) is 1. The van der Waals surface area contributed by atoms with E-state index in [9.17, 15) is 8.42 Å². The molecular formula is C14H29N3O2S. The minimum absolute atomic E-state index is 0.0770. The Kier molecular flexibility index (Phi) is 4.50. The fourth-order valence-electron chi connectivity index (χ4n) is 3.48. The molecule has 0 aromatic heterocycles. The van der Waals surface area contributed by atoms with Gasteiger partial charge in [-0.1, -0.05) is 27.7 Å². The molecule has 0 aromatic carbocycles. The van der Waals surface area contributed by atoms with Gasteiger partial charge in [0.15, 0.2) is 0 Å². The Morgan fingerprint density at radius 2 is 1.65 bits per heavy atom. The second-order valence-electron chi connectivity index (χ2n) is 7.49. The van der Waals surface area contributed by atoms with Crippen LogP contribution >= 0.6 is 0 Å². The molecule has 3 unspecified atom stereocenters. The van der Waals surface area contributed by atoms with E-state index in [1.165, 1.54) is 0 Å². The standard InChI is InChI=1S/C14H29N3O2S/c1-11-7-12(2)9-17(8-11)20(18,19)16-6-5-13(15)14(3,4)10-16/h11-13H,5-10,15H2,1-4H3. The third-order valence-corrected chi connectivity index (χ3v) is 6.68. The molecule has 0 aliphatic carbocycles. The lowest BCUT2D eigenvalue weighted by atomic mass is 9.81. The quantitative estimate of drug-likeness (QED) is 0.835. The zero-order chi connectivity index (χ0) is 15.1. The number of hydrogen-bond acceptors (Lipinski definition) is 3. The Morgan fingerprint density at radius 1 is 1.10 bits per heavy atom. The second-order valence-corrected chi connectivity index (χ2v) is 9.42. The summed E-state index contributed by atoms with van der Waals surface area (Å²) in [5.41, 5.74) is 5.95.